The predicted octanol–water partition coefficient (Wildman–Crippen LogP) is 10.2. The standard InChI is InChI=1S/C43H82NO12P/c1-6-8-10-12-14-16-18-20-22-24-26-28-40(45)51-32-38(55-41(46)29-27-25-23-21-19-17-15-13-11-9-7-2)34-53-57(49,50)54-35-39(56-43(48)30-36(3)4)33-52-42(47)31-37(5)44/h36-39H,6-35,44H2,1-5H3,(H,49,50)/t37-,38+,39?/m0/s1. The van der Waals surface area contributed by atoms with E-state index in [9.17, 15) is 28.6 Å². The molecule has 13 nitrogen and oxygen atoms in total. The molecule has 0 amide bonds. The van der Waals surface area contributed by atoms with E-state index >= 15 is 0 Å². The summed E-state index contributed by atoms with van der Waals surface area (Å²) in [7, 11) is -4.80. The first-order valence-corrected chi connectivity index (χ1v) is 23.8. The predicted molar refractivity (Wildman–Crippen MR) is 223 cm³/mol. The highest BCUT2D eigenvalue weighted by Crippen LogP contribution is 2.43. The average molecular weight is 836 g/mol. The maximum Gasteiger partial charge on any atom is 0.472 e. The molecule has 0 rings (SSSR count). The number of hydrogen-bond acceptors (Lipinski definition) is 12. The van der Waals surface area contributed by atoms with Crippen LogP contribution in [0.3, 0.4) is 0 Å². The molecule has 0 heterocycles. The van der Waals surface area contributed by atoms with E-state index in [4.69, 9.17) is 33.7 Å². The van der Waals surface area contributed by atoms with Gasteiger partial charge in [0.2, 0.25) is 0 Å². The van der Waals surface area contributed by atoms with Crippen molar-refractivity contribution in [3.05, 3.63) is 0 Å². The summed E-state index contributed by atoms with van der Waals surface area (Å²) in [5.41, 5.74) is 5.64. The summed E-state index contributed by atoms with van der Waals surface area (Å²) in [6.45, 7) is 7.71. The van der Waals surface area contributed by atoms with Gasteiger partial charge in [0.1, 0.15) is 13.2 Å². The van der Waals surface area contributed by atoms with Crippen LogP contribution in [-0.4, -0.2) is 73.4 Å². The van der Waals surface area contributed by atoms with Crippen molar-refractivity contribution in [2.24, 2.45) is 11.7 Å². The minimum atomic E-state index is -4.80. The lowest BCUT2D eigenvalue weighted by Crippen LogP contribution is -2.32. The topological polar surface area (TPSA) is 187 Å². The van der Waals surface area contributed by atoms with Crippen molar-refractivity contribution in [1.82, 2.24) is 0 Å². The van der Waals surface area contributed by atoms with Gasteiger partial charge in [0.05, 0.1) is 19.6 Å². The summed E-state index contributed by atoms with van der Waals surface area (Å²) < 4.78 is 44.6. The lowest BCUT2D eigenvalue weighted by atomic mass is 10.1. The second-order valence-corrected chi connectivity index (χ2v) is 17.5. The molecule has 4 atom stereocenters. The average Bonchev–Trinajstić information content (AvgIpc) is 3.14. The number of esters is 4. The number of phosphoric ester groups is 1. The van der Waals surface area contributed by atoms with Gasteiger partial charge in [-0.2, -0.15) is 0 Å². The fourth-order valence-electron chi connectivity index (χ4n) is 6.07. The van der Waals surface area contributed by atoms with Crippen LogP contribution in [0.2, 0.25) is 0 Å². The molecular weight excluding hydrogens is 753 g/mol. The Morgan fingerprint density at radius 1 is 0.491 bits per heavy atom. The first-order valence-electron chi connectivity index (χ1n) is 22.4. The SMILES string of the molecule is CCCCCCCCCCCCCC(=O)OC[C@H](COP(=O)(O)OCC(COC(=O)C[C@H](C)N)OC(=O)CC(C)C)OC(=O)CCCCCCCCCCCCC. The first-order chi connectivity index (χ1) is 27.3. The molecule has 0 aliphatic carbocycles. The first kappa shape index (κ1) is 55.0. The number of carbonyl (C=O) groups excluding carboxylic acids is 4. The number of carbonyl (C=O) groups is 4. The van der Waals surface area contributed by atoms with Crippen LogP contribution in [-0.2, 0) is 51.7 Å². The molecular formula is C43H82NO12P. The Balaban J connectivity index is 5.04. The highest BCUT2D eigenvalue weighted by Gasteiger charge is 2.29. The Labute approximate surface area is 345 Å². The number of nitrogens with two attached hydrogens (primary N) is 1. The summed E-state index contributed by atoms with van der Waals surface area (Å²) in [5, 5.41) is 0. The van der Waals surface area contributed by atoms with E-state index in [-0.39, 0.29) is 38.2 Å². The van der Waals surface area contributed by atoms with E-state index in [1.165, 1.54) is 89.9 Å². The lowest BCUT2D eigenvalue weighted by Gasteiger charge is -2.22. The van der Waals surface area contributed by atoms with Crippen LogP contribution in [0, 0.1) is 5.92 Å². The van der Waals surface area contributed by atoms with Gasteiger partial charge < -0.3 is 29.6 Å². The third kappa shape index (κ3) is 37.9. The van der Waals surface area contributed by atoms with E-state index in [0.717, 1.165) is 38.5 Å². The van der Waals surface area contributed by atoms with Crippen molar-refractivity contribution in [2.75, 3.05) is 26.4 Å². The maximum atomic E-state index is 12.9. The molecule has 336 valence electrons. The Hall–Kier alpha value is -2.05. The van der Waals surface area contributed by atoms with E-state index in [1.807, 2.05) is 13.8 Å². The summed E-state index contributed by atoms with van der Waals surface area (Å²) in [6.07, 6.45) is 23.1. The third-order valence-electron chi connectivity index (χ3n) is 9.34. The summed E-state index contributed by atoms with van der Waals surface area (Å²) in [6, 6.07) is -0.452. The van der Waals surface area contributed by atoms with Crippen LogP contribution >= 0.6 is 7.82 Å². The molecule has 0 saturated heterocycles. The number of phosphoric acid groups is 1. The Bertz CT molecular complexity index is 1070. The smallest absolute Gasteiger partial charge is 0.462 e. The van der Waals surface area contributed by atoms with Crippen LogP contribution in [0.25, 0.3) is 0 Å². The molecule has 0 aromatic rings. The number of rotatable bonds is 40. The minimum Gasteiger partial charge on any atom is -0.462 e. The summed E-state index contributed by atoms with van der Waals surface area (Å²) in [4.78, 5) is 60.2. The molecule has 0 bridgehead atoms. The molecule has 0 saturated carbocycles. The normalized spacial score (nSPS) is 14.1. The quantitative estimate of drug-likeness (QED) is 0.0257. The summed E-state index contributed by atoms with van der Waals surface area (Å²) in [5.74, 6) is -2.23. The molecule has 2 unspecified atom stereocenters. The monoisotopic (exact) mass is 836 g/mol. The molecule has 0 spiro atoms. The van der Waals surface area contributed by atoms with Gasteiger partial charge in [0.25, 0.3) is 0 Å². The molecule has 14 heteroatoms. The zero-order valence-corrected chi connectivity index (χ0v) is 37.4. The second kappa shape index (κ2) is 37.0. The van der Waals surface area contributed by atoms with Gasteiger partial charge in [0, 0.05) is 25.3 Å². The second-order valence-electron chi connectivity index (χ2n) is 16.0. The molecule has 0 fully saturated rings. The molecule has 0 aliphatic rings. The van der Waals surface area contributed by atoms with Gasteiger partial charge >= 0.3 is 31.7 Å². The van der Waals surface area contributed by atoms with Crippen LogP contribution in [0.15, 0.2) is 0 Å². The highest BCUT2D eigenvalue weighted by atomic mass is 31.2. The van der Waals surface area contributed by atoms with Crippen LogP contribution in [0.4, 0.5) is 0 Å². The van der Waals surface area contributed by atoms with E-state index in [1.54, 1.807) is 6.92 Å². The van der Waals surface area contributed by atoms with Crippen LogP contribution in [0.5, 0.6) is 0 Å². The molecule has 0 aliphatic heterocycles. The van der Waals surface area contributed by atoms with E-state index in [0.29, 0.717) is 12.8 Å². The fraction of sp³-hybridized carbons (Fsp3) is 0.907. The van der Waals surface area contributed by atoms with E-state index < -0.39 is 69.8 Å². The third-order valence-corrected chi connectivity index (χ3v) is 10.3. The van der Waals surface area contributed by atoms with Crippen molar-refractivity contribution in [3.8, 4) is 0 Å². The zero-order valence-electron chi connectivity index (χ0n) is 36.5. The molecule has 0 aromatic carbocycles. The molecule has 3 N–H and O–H groups in total. The Morgan fingerprint density at radius 2 is 0.842 bits per heavy atom. The van der Waals surface area contributed by atoms with Crippen molar-refractivity contribution < 1.29 is 56.6 Å². The van der Waals surface area contributed by atoms with Gasteiger partial charge in [-0.1, -0.05) is 156 Å². The largest absolute Gasteiger partial charge is 0.472 e. The fourth-order valence-corrected chi connectivity index (χ4v) is 6.85. The number of hydrogen-bond donors (Lipinski definition) is 2. The zero-order chi connectivity index (χ0) is 42.6. The highest BCUT2D eigenvalue weighted by molar-refractivity contribution is 7.47. The number of unbranched alkanes of at least 4 members (excludes halogenated alkanes) is 20. The van der Waals surface area contributed by atoms with Crippen molar-refractivity contribution >= 4 is 31.7 Å². The summed E-state index contributed by atoms with van der Waals surface area (Å²) >= 11 is 0. The molecule has 57 heavy (non-hydrogen) atoms. The molecule has 0 radical (unpaired) electrons. The van der Waals surface area contributed by atoms with Gasteiger partial charge in [-0.15, -0.1) is 0 Å². The van der Waals surface area contributed by atoms with Gasteiger partial charge in [-0.3, -0.25) is 28.2 Å². The maximum absolute atomic E-state index is 12.9. The van der Waals surface area contributed by atoms with Crippen LogP contribution < -0.4 is 5.73 Å². The van der Waals surface area contributed by atoms with Crippen molar-refractivity contribution in [2.45, 2.75) is 220 Å². The van der Waals surface area contributed by atoms with E-state index in [2.05, 4.69) is 13.8 Å². The Morgan fingerprint density at radius 3 is 1.23 bits per heavy atom. The molecule has 0 aromatic heterocycles. The van der Waals surface area contributed by atoms with Gasteiger partial charge in [0.15, 0.2) is 12.2 Å². The lowest BCUT2D eigenvalue weighted by molar-refractivity contribution is -0.162. The van der Waals surface area contributed by atoms with Gasteiger partial charge in [-0.05, 0) is 25.7 Å². The van der Waals surface area contributed by atoms with Gasteiger partial charge in [-0.25, -0.2) is 4.57 Å². The van der Waals surface area contributed by atoms with Crippen molar-refractivity contribution in [1.29, 1.82) is 0 Å². The minimum absolute atomic E-state index is 0.0182. The van der Waals surface area contributed by atoms with Crippen molar-refractivity contribution in [3.63, 3.8) is 0 Å². The van der Waals surface area contributed by atoms with Crippen LogP contribution in [0.1, 0.15) is 202 Å². The number of ether oxygens (including phenoxy) is 4. The Kier molecular flexibility index (Phi) is 35.7.